The van der Waals surface area contributed by atoms with Crippen LogP contribution >= 0.6 is 0 Å². The summed E-state index contributed by atoms with van der Waals surface area (Å²) in [7, 11) is 2.82. The lowest BCUT2D eigenvalue weighted by atomic mass is 9.84. The van der Waals surface area contributed by atoms with Gasteiger partial charge in [-0.1, -0.05) is 6.92 Å². The van der Waals surface area contributed by atoms with Gasteiger partial charge in [0.05, 0.1) is 25.4 Å². The maximum Gasteiger partial charge on any atom is 0.319 e. The van der Waals surface area contributed by atoms with Crippen molar-refractivity contribution in [2.24, 2.45) is 5.41 Å². The molecular formula is C16H20N2O4. The zero-order valence-corrected chi connectivity index (χ0v) is 13.5. The lowest BCUT2D eigenvalue weighted by Crippen LogP contribution is -2.34. The van der Waals surface area contributed by atoms with E-state index >= 15 is 0 Å². The SMILES string of the molecule is CCc1cc2c(C(=O)C(C)(C)C(=O)OC)ccc(OC)n2n1. The van der Waals surface area contributed by atoms with Crippen molar-refractivity contribution in [2.75, 3.05) is 14.2 Å². The Bertz CT molecular complexity index is 731. The van der Waals surface area contributed by atoms with Crippen LogP contribution in [0.5, 0.6) is 5.88 Å². The molecule has 0 aliphatic carbocycles. The molecule has 0 saturated carbocycles. The van der Waals surface area contributed by atoms with Gasteiger partial charge in [0.25, 0.3) is 0 Å². The summed E-state index contributed by atoms with van der Waals surface area (Å²) in [6, 6.07) is 5.16. The van der Waals surface area contributed by atoms with Gasteiger partial charge in [0.2, 0.25) is 5.88 Å². The average molecular weight is 304 g/mol. The summed E-state index contributed by atoms with van der Waals surface area (Å²) < 4.78 is 11.6. The van der Waals surface area contributed by atoms with Crippen molar-refractivity contribution in [3.63, 3.8) is 0 Å². The molecule has 22 heavy (non-hydrogen) atoms. The maximum atomic E-state index is 12.8. The molecule has 0 bridgehead atoms. The van der Waals surface area contributed by atoms with Gasteiger partial charge in [0.15, 0.2) is 5.78 Å². The number of hydrogen-bond acceptors (Lipinski definition) is 5. The van der Waals surface area contributed by atoms with E-state index in [1.54, 1.807) is 37.6 Å². The van der Waals surface area contributed by atoms with Crippen molar-refractivity contribution in [1.29, 1.82) is 0 Å². The fraction of sp³-hybridized carbons (Fsp3) is 0.438. The molecule has 2 rings (SSSR count). The fourth-order valence-corrected chi connectivity index (χ4v) is 2.30. The van der Waals surface area contributed by atoms with Crippen molar-refractivity contribution < 1.29 is 19.1 Å². The van der Waals surface area contributed by atoms with E-state index in [0.717, 1.165) is 12.1 Å². The Labute approximate surface area is 129 Å². The third kappa shape index (κ3) is 2.45. The van der Waals surface area contributed by atoms with Crippen LogP contribution in [0.2, 0.25) is 0 Å². The van der Waals surface area contributed by atoms with E-state index < -0.39 is 11.4 Å². The van der Waals surface area contributed by atoms with Crippen molar-refractivity contribution in [3.8, 4) is 5.88 Å². The van der Waals surface area contributed by atoms with Gasteiger partial charge in [-0.2, -0.15) is 5.10 Å². The predicted molar refractivity (Wildman–Crippen MR) is 81.2 cm³/mol. The van der Waals surface area contributed by atoms with Crippen molar-refractivity contribution in [1.82, 2.24) is 9.61 Å². The molecule has 2 aromatic rings. The standard InChI is InChI=1S/C16H20N2O4/c1-6-10-9-12-11(7-8-13(21-4)18(12)17-10)14(19)16(2,3)15(20)22-5/h7-9H,6H2,1-5H3. The molecule has 0 spiro atoms. The van der Waals surface area contributed by atoms with E-state index in [-0.39, 0.29) is 5.78 Å². The number of ether oxygens (including phenoxy) is 2. The highest BCUT2D eigenvalue weighted by molar-refractivity contribution is 6.15. The van der Waals surface area contributed by atoms with E-state index in [2.05, 4.69) is 5.10 Å². The Morgan fingerprint density at radius 2 is 1.95 bits per heavy atom. The molecule has 118 valence electrons. The van der Waals surface area contributed by atoms with Crippen LogP contribution in [0.1, 0.15) is 36.8 Å². The first-order valence-electron chi connectivity index (χ1n) is 7.05. The minimum Gasteiger partial charge on any atom is -0.481 e. The Kier molecular flexibility index (Phi) is 4.21. The fourth-order valence-electron chi connectivity index (χ4n) is 2.30. The highest BCUT2D eigenvalue weighted by Crippen LogP contribution is 2.28. The van der Waals surface area contributed by atoms with Crippen LogP contribution in [-0.2, 0) is 16.0 Å². The second kappa shape index (κ2) is 5.79. The van der Waals surface area contributed by atoms with Crippen LogP contribution in [0, 0.1) is 5.41 Å². The molecule has 0 saturated heterocycles. The van der Waals surface area contributed by atoms with Gasteiger partial charge < -0.3 is 9.47 Å². The lowest BCUT2D eigenvalue weighted by Gasteiger charge is -2.20. The second-order valence-electron chi connectivity index (χ2n) is 5.52. The summed E-state index contributed by atoms with van der Waals surface area (Å²) in [6.07, 6.45) is 0.735. The maximum absolute atomic E-state index is 12.8. The molecule has 0 N–H and O–H groups in total. The minimum absolute atomic E-state index is 0.311. The van der Waals surface area contributed by atoms with E-state index in [9.17, 15) is 9.59 Å². The summed E-state index contributed by atoms with van der Waals surface area (Å²) >= 11 is 0. The van der Waals surface area contributed by atoms with Gasteiger partial charge in [-0.15, -0.1) is 0 Å². The number of carbonyl (C=O) groups is 2. The van der Waals surface area contributed by atoms with Gasteiger partial charge in [0, 0.05) is 11.6 Å². The average Bonchev–Trinajstić information content (AvgIpc) is 2.96. The Hall–Kier alpha value is -2.37. The first-order chi connectivity index (χ1) is 10.4. The Morgan fingerprint density at radius 3 is 2.50 bits per heavy atom. The van der Waals surface area contributed by atoms with Gasteiger partial charge in [-0.25, -0.2) is 4.52 Å². The molecule has 0 radical (unpaired) electrons. The Balaban J connectivity index is 2.63. The molecule has 0 fully saturated rings. The number of hydrogen-bond donors (Lipinski definition) is 0. The van der Waals surface area contributed by atoms with E-state index in [0.29, 0.717) is 17.0 Å². The molecule has 0 amide bonds. The highest BCUT2D eigenvalue weighted by atomic mass is 16.5. The molecular weight excluding hydrogens is 284 g/mol. The van der Waals surface area contributed by atoms with Gasteiger partial charge >= 0.3 is 5.97 Å². The van der Waals surface area contributed by atoms with E-state index in [4.69, 9.17) is 9.47 Å². The number of rotatable bonds is 5. The predicted octanol–water partition coefficient (Wildman–Crippen LogP) is 2.29. The van der Waals surface area contributed by atoms with Crippen LogP contribution in [0.25, 0.3) is 5.52 Å². The van der Waals surface area contributed by atoms with Crippen LogP contribution in [0.4, 0.5) is 0 Å². The third-order valence-electron chi connectivity index (χ3n) is 3.72. The quantitative estimate of drug-likeness (QED) is 0.481. The number of aromatic nitrogens is 2. The summed E-state index contributed by atoms with van der Waals surface area (Å²) in [5, 5.41) is 4.42. The van der Waals surface area contributed by atoms with Gasteiger partial charge in [0.1, 0.15) is 5.41 Å². The van der Waals surface area contributed by atoms with Crippen LogP contribution in [-0.4, -0.2) is 35.6 Å². The first kappa shape index (κ1) is 16.0. The number of ketones is 1. The summed E-state index contributed by atoms with van der Waals surface area (Å²) in [5.74, 6) is -0.349. The molecule has 0 aliphatic heterocycles. The van der Waals surface area contributed by atoms with Gasteiger partial charge in [-0.3, -0.25) is 9.59 Å². The number of carbonyl (C=O) groups excluding carboxylic acids is 2. The topological polar surface area (TPSA) is 69.9 Å². The number of nitrogens with zero attached hydrogens (tertiary/aromatic N) is 2. The van der Waals surface area contributed by atoms with Crippen LogP contribution in [0.3, 0.4) is 0 Å². The second-order valence-corrected chi connectivity index (χ2v) is 5.52. The van der Waals surface area contributed by atoms with Crippen LogP contribution in [0.15, 0.2) is 18.2 Å². The summed E-state index contributed by atoms with van der Waals surface area (Å²) in [4.78, 5) is 24.7. The first-order valence-corrected chi connectivity index (χ1v) is 7.05. The monoisotopic (exact) mass is 304 g/mol. The number of Topliss-reactive ketones (excluding diaryl/α,β-unsaturated/α-hetero) is 1. The number of esters is 1. The summed E-state index contributed by atoms with van der Waals surface area (Å²) in [5.41, 5.74) is 0.622. The molecule has 0 aromatic carbocycles. The number of aryl methyl sites for hydroxylation is 1. The smallest absolute Gasteiger partial charge is 0.319 e. The number of pyridine rings is 1. The molecule has 6 heteroatoms. The van der Waals surface area contributed by atoms with Crippen molar-refractivity contribution >= 4 is 17.3 Å². The van der Waals surface area contributed by atoms with Crippen molar-refractivity contribution in [2.45, 2.75) is 27.2 Å². The largest absolute Gasteiger partial charge is 0.481 e. The van der Waals surface area contributed by atoms with Crippen molar-refractivity contribution in [3.05, 3.63) is 29.5 Å². The minimum atomic E-state index is -1.26. The number of methoxy groups -OCH3 is 2. The van der Waals surface area contributed by atoms with E-state index in [1.807, 2.05) is 13.0 Å². The molecule has 0 aliphatic rings. The molecule has 6 nitrogen and oxygen atoms in total. The molecule has 0 unspecified atom stereocenters. The highest BCUT2D eigenvalue weighted by Gasteiger charge is 2.38. The Morgan fingerprint density at radius 1 is 1.27 bits per heavy atom. The summed E-state index contributed by atoms with van der Waals surface area (Å²) in [6.45, 7) is 5.09. The zero-order chi connectivity index (χ0) is 16.5. The van der Waals surface area contributed by atoms with E-state index in [1.165, 1.54) is 7.11 Å². The van der Waals surface area contributed by atoms with Crippen LogP contribution < -0.4 is 4.74 Å². The third-order valence-corrected chi connectivity index (χ3v) is 3.72. The lowest BCUT2D eigenvalue weighted by molar-refractivity contribution is -0.147. The molecule has 0 atom stereocenters. The van der Waals surface area contributed by atoms with Gasteiger partial charge in [-0.05, 0) is 32.4 Å². The normalized spacial score (nSPS) is 11.5. The molecule has 2 aromatic heterocycles. The zero-order valence-electron chi connectivity index (χ0n) is 13.5. The number of fused-ring (bicyclic) bond motifs is 1. The molecule has 2 heterocycles.